The summed E-state index contributed by atoms with van der Waals surface area (Å²) in [6, 6.07) is 6.42. The third kappa shape index (κ3) is 5.73. The van der Waals surface area contributed by atoms with Crippen LogP contribution in [0.1, 0.15) is 34.6 Å². The zero-order valence-corrected chi connectivity index (χ0v) is 21.7. The van der Waals surface area contributed by atoms with E-state index in [9.17, 15) is 9.59 Å². The van der Waals surface area contributed by atoms with Crippen LogP contribution in [0, 0.1) is 0 Å². The molecule has 4 aromatic rings. The lowest BCUT2D eigenvalue weighted by Crippen LogP contribution is -2.12. The molecule has 2 aromatic carbocycles. The monoisotopic (exact) mass is 586 g/mol. The lowest BCUT2D eigenvalue weighted by Gasteiger charge is -2.11. The first-order valence-electron chi connectivity index (χ1n) is 11.3. The Balaban J connectivity index is 0.00000400. The molecule has 4 rings (SSSR count). The van der Waals surface area contributed by atoms with Crippen LogP contribution in [-0.4, -0.2) is 51.2 Å². The maximum absolute atomic E-state index is 11.8. The largest absolute Gasteiger partial charge is 0.491 e. The average molecular weight is 587 g/mol. The van der Waals surface area contributed by atoms with E-state index in [4.69, 9.17) is 32.4 Å². The maximum atomic E-state index is 11.8. The molecule has 8 N–H and O–H groups in total. The fourth-order valence-electron chi connectivity index (χ4n) is 3.99. The summed E-state index contributed by atoms with van der Waals surface area (Å²) >= 11 is 3.48. The summed E-state index contributed by atoms with van der Waals surface area (Å²) in [4.78, 5) is 32.1. The molecule has 0 aliphatic heterocycles. The van der Waals surface area contributed by atoms with E-state index in [0.717, 1.165) is 5.52 Å². The number of halogens is 1. The number of imidazole rings is 2. The number of nitrogens with zero attached hydrogens (tertiary/aromatic N) is 4. The molecule has 0 atom stereocenters. The number of benzene rings is 2. The van der Waals surface area contributed by atoms with Gasteiger partial charge in [0.05, 0.1) is 23.2 Å². The molecule has 202 valence electrons. The fourth-order valence-corrected chi connectivity index (χ4v) is 4.66. The highest BCUT2D eigenvalue weighted by Gasteiger charge is 2.17. The van der Waals surface area contributed by atoms with Crippen LogP contribution in [0.15, 0.2) is 40.9 Å². The Kier molecular flexibility index (Phi) is 8.96. The summed E-state index contributed by atoms with van der Waals surface area (Å²) in [5.74, 6) is -0.127. The minimum Gasteiger partial charge on any atom is -0.491 e. The van der Waals surface area contributed by atoms with Crippen molar-refractivity contribution in [3.8, 4) is 5.75 Å². The Labute approximate surface area is 227 Å². The Bertz CT molecular complexity index is 1530. The second-order valence-corrected chi connectivity index (χ2v) is 9.08. The van der Waals surface area contributed by atoms with Gasteiger partial charge in [0.25, 0.3) is 0 Å². The van der Waals surface area contributed by atoms with Crippen molar-refractivity contribution in [2.24, 2.45) is 11.5 Å². The number of nitrogen functional groups attached to an aromatic ring is 2. The minimum absolute atomic E-state index is 0. The molecule has 0 fully saturated rings. The summed E-state index contributed by atoms with van der Waals surface area (Å²) in [6.07, 6.45) is 4.48. The van der Waals surface area contributed by atoms with Crippen LogP contribution in [0.4, 0.5) is 11.9 Å². The normalized spacial score (nSPS) is 11.3. The van der Waals surface area contributed by atoms with Crippen molar-refractivity contribution in [1.29, 1.82) is 0 Å². The van der Waals surface area contributed by atoms with Gasteiger partial charge in [-0.25, -0.2) is 9.97 Å². The maximum Gasteiger partial charge on any atom is 0.248 e. The highest BCUT2D eigenvalue weighted by Crippen LogP contribution is 2.31. The van der Waals surface area contributed by atoms with Crippen LogP contribution < -0.4 is 27.7 Å². The van der Waals surface area contributed by atoms with E-state index in [1.807, 2.05) is 12.2 Å². The average Bonchev–Trinajstić information content (AvgIpc) is 3.34. The predicted molar refractivity (Wildman–Crippen MR) is 151 cm³/mol. The first-order chi connectivity index (χ1) is 17.7. The third-order valence-electron chi connectivity index (χ3n) is 5.72. The number of rotatable bonds is 11. The van der Waals surface area contributed by atoms with Gasteiger partial charge in [-0.05, 0) is 40.2 Å². The second kappa shape index (κ2) is 12.0. The molecule has 0 saturated heterocycles. The van der Waals surface area contributed by atoms with Crippen molar-refractivity contribution in [1.82, 2.24) is 19.1 Å². The molecule has 13 heteroatoms. The van der Waals surface area contributed by atoms with Gasteiger partial charge in [0.15, 0.2) is 0 Å². The summed E-state index contributed by atoms with van der Waals surface area (Å²) in [7, 11) is 1.62. The molecule has 2 aromatic heterocycles. The number of methoxy groups -OCH3 is 1. The minimum atomic E-state index is -0.587. The van der Waals surface area contributed by atoms with Gasteiger partial charge in [-0.2, -0.15) is 0 Å². The van der Waals surface area contributed by atoms with E-state index in [0.29, 0.717) is 71.0 Å². The van der Waals surface area contributed by atoms with E-state index in [2.05, 4.69) is 25.9 Å². The van der Waals surface area contributed by atoms with Gasteiger partial charge in [0.2, 0.25) is 23.7 Å². The van der Waals surface area contributed by atoms with E-state index in [1.165, 1.54) is 0 Å². The molecule has 0 spiro atoms. The molecule has 12 nitrogen and oxygen atoms in total. The van der Waals surface area contributed by atoms with Gasteiger partial charge in [-0.15, -0.1) is 0 Å². The third-order valence-corrected chi connectivity index (χ3v) is 6.33. The zero-order valence-electron chi connectivity index (χ0n) is 20.1. The lowest BCUT2D eigenvalue weighted by atomic mass is 10.1. The van der Waals surface area contributed by atoms with Crippen LogP contribution in [0.5, 0.6) is 5.75 Å². The highest BCUT2D eigenvalue weighted by molar-refractivity contribution is 9.10. The summed E-state index contributed by atoms with van der Waals surface area (Å²) in [5, 5.41) is 0. The molecule has 0 aliphatic rings. The van der Waals surface area contributed by atoms with Crippen molar-refractivity contribution in [2.45, 2.75) is 26.9 Å². The molecule has 0 bridgehead atoms. The Morgan fingerprint density at radius 3 is 1.97 bits per heavy atom. The van der Waals surface area contributed by atoms with Gasteiger partial charge in [0.1, 0.15) is 11.3 Å². The number of amides is 2. The van der Waals surface area contributed by atoms with Crippen LogP contribution in [0.2, 0.25) is 0 Å². The number of nitrogens with two attached hydrogens (primary N) is 4. The van der Waals surface area contributed by atoms with Gasteiger partial charge < -0.3 is 41.5 Å². The highest BCUT2D eigenvalue weighted by atomic mass is 79.9. The number of hydrogen-bond donors (Lipinski definition) is 4. The molecular formula is C25H31BrN8O4. The standard InChI is InChI=1S/C24H27BrN8O4.CH4/c1-36-7-4-8-37-18-12-14(22(27)35)11-17-20(18)33(24(29)31-17)6-3-2-5-32-19-15(25)9-13(21(26)34)10-16(19)30-23(32)28;/h2-3,9-12H,4-8H2,1H3,(H2,26,34)(H2,27,35)(H2,28,30)(H2,29,31);1H4/b3-2+;. The van der Waals surface area contributed by atoms with Crippen LogP contribution in [-0.2, 0) is 17.8 Å². The van der Waals surface area contributed by atoms with Crippen molar-refractivity contribution in [3.05, 3.63) is 52.0 Å². The molecule has 0 saturated carbocycles. The topological polar surface area (TPSA) is 192 Å². The van der Waals surface area contributed by atoms with Crippen LogP contribution >= 0.6 is 15.9 Å². The molecule has 0 radical (unpaired) electrons. The molecule has 0 unspecified atom stereocenters. The quantitative estimate of drug-likeness (QED) is 0.152. The first kappa shape index (κ1) is 28.5. The number of fused-ring (bicyclic) bond motifs is 2. The lowest BCUT2D eigenvalue weighted by molar-refractivity contribution is 0.0991. The van der Waals surface area contributed by atoms with Crippen molar-refractivity contribution >= 4 is 61.7 Å². The van der Waals surface area contributed by atoms with E-state index in [1.54, 1.807) is 40.5 Å². The summed E-state index contributed by atoms with van der Waals surface area (Å²) in [5.41, 5.74) is 26.3. The van der Waals surface area contributed by atoms with Gasteiger partial charge in [0, 0.05) is 48.8 Å². The number of allylic oxidation sites excluding steroid dienone is 2. The van der Waals surface area contributed by atoms with Gasteiger partial charge >= 0.3 is 0 Å². The number of carbonyl (C=O) groups excluding carboxylic acids is 2. The van der Waals surface area contributed by atoms with E-state index in [-0.39, 0.29) is 18.9 Å². The number of anilines is 2. The molecule has 2 amide bonds. The number of hydrogen-bond acceptors (Lipinski definition) is 8. The molecule has 0 aliphatic carbocycles. The SMILES string of the molecule is C.COCCCOc1cc(C(N)=O)cc2nc(N)n(C/C=C/Cn3c(N)nc4cc(C(N)=O)cc(Br)c43)c12. The van der Waals surface area contributed by atoms with Crippen LogP contribution in [0.3, 0.4) is 0 Å². The zero-order chi connectivity index (χ0) is 26.7. The summed E-state index contributed by atoms with van der Waals surface area (Å²) in [6.45, 7) is 1.71. The number of primary amides is 2. The Hall–Kier alpha value is -4.10. The predicted octanol–water partition coefficient (Wildman–Crippen LogP) is 2.82. The van der Waals surface area contributed by atoms with E-state index >= 15 is 0 Å². The molecule has 2 heterocycles. The van der Waals surface area contributed by atoms with Crippen molar-refractivity contribution < 1.29 is 19.1 Å². The van der Waals surface area contributed by atoms with Gasteiger partial charge in [-0.1, -0.05) is 19.6 Å². The second-order valence-electron chi connectivity index (χ2n) is 8.22. The molecular weight excluding hydrogens is 556 g/mol. The first-order valence-corrected chi connectivity index (χ1v) is 12.1. The number of carbonyl (C=O) groups is 2. The van der Waals surface area contributed by atoms with Crippen molar-refractivity contribution in [2.75, 3.05) is 31.8 Å². The fraction of sp³-hybridized carbons (Fsp3) is 0.280. The number of aromatic nitrogens is 4. The van der Waals surface area contributed by atoms with Gasteiger partial charge in [-0.3, -0.25) is 9.59 Å². The smallest absolute Gasteiger partial charge is 0.248 e. The number of ether oxygens (including phenoxy) is 2. The van der Waals surface area contributed by atoms with E-state index < -0.39 is 11.8 Å². The van der Waals surface area contributed by atoms with Crippen LogP contribution in [0.25, 0.3) is 22.1 Å². The Morgan fingerprint density at radius 1 is 0.895 bits per heavy atom. The Morgan fingerprint density at radius 2 is 1.42 bits per heavy atom. The van der Waals surface area contributed by atoms with Crippen molar-refractivity contribution in [3.63, 3.8) is 0 Å². The summed E-state index contributed by atoms with van der Waals surface area (Å²) < 4.78 is 15.3. The molecule has 38 heavy (non-hydrogen) atoms.